The summed E-state index contributed by atoms with van der Waals surface area (Å²) in [5.41, 5.74) is 0.770. The summed E-state index contributed by atoms with van der Waals surface area (Å²) in [5, 5.41) is 0.925. The molecule has 0 atom stereocenters. The van der Waals surface area contributed by atoms with E-state index >= 15 is 0 Å². The van der Waals surface area contributed by atoms with Gasteiger partial charge in [-0.05, 0) is 12.1 Å². The molecule has 1 aromatic carbocycles. The number of fused-ring (bicyclic) bond motifs is 1. The fourth-order valence-electron chi connectivity index (χ4n) is 1.07. The maximum Gasteiger partial charge on any atom is 0.193 e. The summed E-state index contributed by atoms with van der Waals surface area (Å²) in [5.74, 6) is 0.214. The van der Waals surface area contributed by atoms with E-state index in [1.54, 1.807) is 6.20 Å². The van der Waals surface area contributed by atoms with Gasteiger partial charge in [0.05, 0.1) is 5.52 Å². The predicted octanol–water partition coefficient (Wildman–Crippen LogP) is 2.20. The van der Waals surface area contributed by atoms with Gasteiger partial charge < -0.3 is 0 Å². The van der Waals surface area contributed by atoms with Crippen LogP contribution in [0.3, 0.4) is 0 Å². The van der Waals surface area contributed by atoms with Gasteiger partial charge in [0, 0.05) is 16.1 Å². The number of aromatic nitrogens is 2. The van der Waals surface area contributed by atoms with Gasteiger partial charge in [-0.3, -0.25) is 4.79 Å². The van der Waals surface area contributed by atoms with Crippen LogP contribution in [0.5, 0.6) is 0 Å². The Balaban J connectivity index is 2.74. The van der Waals surface area contributed by atoms with Gasteiger partial charge >= 0.3 is 0 Å². The summed E-state index contributed by atoms with van der Waals surface area (Å²) >= 11 is 3.33. The molecule has 0 amide bonds. The van der Waals surface area contributed by atoms with Crippen molar-refractivity contribution < 1.29 is 4.79 Å². The summed E-state index contributed by atoms with van der Waals surface area (Å²) in [6, 6.07) is 5.66. The fraction of sp³-hybridized carbons (Fsp3) is 0. The molecule has 1 heterocycles. The van der Waals surface area contributed by atoms with Gasteiger partial charge in [0.25, 0.3) is 0 Å². The van der Waals surface area contributed by atoms with Gasteiger partial charge in [0.15, 0.2) is 12.1 Å². The minimum atomic E-state index is 0.214. The van der Waals surface area contributed by atoms with Gasteiger partial charge in [0.1, 0.15) is 0 Å². The molecule has 2 rings (SSSR count). The summed E-state index contributed by atoms with van der Waals surface area (Å²) in [6.07, 6.45) is 2.28. The van der Waals surface area contributed by atoms with Gasteiger partial charge in [-0.1, -0.05) is 22.0 Å². The summed E-state index contributed by atoms with van der Waals surface area (Å²) in [7, 11) is 0. The Morgan fingerprint density at radius 2 is 2.23 bits per heavy atom. The summed E-state index contributed by atoms with van der Waals surface area (Å²) < 4.78 is 0.940. The molecule has 0 aliphatic heterocycles. The Hall–Kier alpha value is -1.29. The third-order valence-corrected chi connectivity index (χ3v) is 2.16. The predicted molar refractivity (Wildman–Crippen MR) is 52.6 cm³/mol. The van der Waals surface area contributed by atoms with Crippen LogP contribution in [0.25, 0.3) is 10.9 Å². The van der Waals surface area contributed by atoms with Crippen molar-refractivity contribution in [1.29, 1.82) is 0 Å². The molecule has 0 N–H and O–H groups in total. The molecule has 0 saturated carbocycles. The lowest BCUT2D eigenvalue weighted by Crippen LogP contribution is -1.91. The first-order valence-corrected chi connectivity index (χ1v) is 4.46. The number of hydrogen-bond donors (Lipinski definition) is 0. The van der Waals surface area contributed by atoms with Crippen LogP contribution in [0.2, 0.25) is 0 Å². The Morgan fingerprint density at radius 3 is 3.00 bits per heavy atom. The van der Waals surface area contributed by atoms with E-state index in [1.807, 2.05) is 18.2 Å². The molecule has 0 unspecified atom stereocenters. The molecule has 0 aliphatic carbocycles. The van der Waals surface area contributed by atoms with Crippen LogP contribution < -0.4 is 0 Å². The number of rotatable bonds is 1. The average Bonchev–Trinajstić information content (AvgIpc) is 2.16. The standard InChI is InChI=1S/C9H5BrN2O/c10-7-2-1-6-4-11-9(5-13)12-8(6)3-7/h1-5H. The highest BCUT2D eigenvalue weighted by atomic mass is 79.9. The Bertz CT molecular complexity index is 470. The molecular formula is C9H5BrN2O. The number of carbonyl (C=O) groups is 1. The lowest BCUT2D eigenvalue weighted by molar-refractivity contribution is 0.111. The van der Waals surface area contributed by atoms with Crippen LogP contribution in [-0.4, -0.2) is 16.3 Å². The topological polar surface area (TPSA) is 42.9 Å². The smallest absolute Gasteiger partial charge is 0.193 e. The molecule has 2 aromatic rings. The second-order valence-electron chi connectivity index (χ2n) is 2.55. The molecule has 0 aliphatic rings. The van der Waals surface area contributed by atoms with Crippen molar-refractivity contribution in [2.45, 2.75) is 0 Å². The van der Waals surface area contributed by atoms with Crippen molar-refractivity contribution >= 4 is 33.1 Å². The number of nitrogens with zero attached hydrogens (tertiary/aromatic N) is 2. The largest absolute Gasteiger partial charge is 0.294 e. The normalized spacial score (nSPS) is 10.2. The molecule has 0 fully saturated rings. The molecule has 0 saturated heterocycles. The lowest BCUT2D eigenvalue weighted by Gasteiger charge is -1.97. The van der Waals surface area contributed by atoms with E-state index in [0.29, 0.717) is 6.29 Å². The monoisotopic (exact) mass is 236 g/mol. The molecule has 0 radical (unpaired) electrons. The first-order chi connectivity index (χ1) is 6.29. The van der Waals surface area contributed by atoms with Crippen molar-refractivity contribution in [2.24, 2.45) is 0 Å². The van der Waals surface area contributed by atoms with Crippen LogP contribution in [0.1, 0.15) is 10.6 Å². The van der Waals surface area contributed by atoms with Gasteiger partial charge in [-0.15, -0.1) is 0 Å². The van der Waals surface area contributed by atoms with Gasteiger partial charge in [0.2, 0.25) is 0 Å². The Morgan fingerprint density at radius 1 is 1.38 bits per heavy atom. The van der Waals surface area contributed by atoms with Crippen molar-refractivity contribution in [3.63, 3.8) is 0 Å². The number of hydrogen-bond acceptors (Lipinski definition) is 3. The molecular weight excluding hydrogens is 232 g/mol. The summed E-state index contributed by atoms with van der Waals surface area (Å²) in [6.45, 7) is 0. The highest BCUT2D eigenvalue weighted by Gasteiger charge is 1.98. The number of halogens is 1. The second kappa shape index (κ2) is 3.22. The molecule has 3 nitrogen and oxygen atoms in total. The summed E-state index contributed by atoms with van der Waals surface area (Å²) in [4.78, 5) is 18.3. The third-order valence-electron chi connectivity index (χ3n) is 1.67. The molecule has 64 valence electrons. The number of aldehydes is 1. The maximum absolute atomic E-state index is 10.4. The second-order valence-corrected chi connectivity index (χ2v) is 3.46. The van der Waals surface area contributed by atoms with Crippen molar-refractivity contribution in [2.75, 3.05) is 0 Å². The number of benzene rings is 1. The average molecular weight is 237 g/mol. The Kier molecular flexibility index (Phi) is 2.06. The van der Waals surface area contributed by atoms with Crippen molar-refractivity contribution in [1.82, 2.24) is 9.97 Å². The molecule has 4 heteroatoms. The quantitative estimate of drug-likeness (QED) is 0.714. The zero-order valence-corrected chi connectivity index (χ0v) is 8.15. The van der Waals surface area contributed by atoms with Crippen LogP contribution in [0, 0.1) is 0 Å². The van der Waals surface area contributed by atoms with Crippen LogP contribution in [-0.2, 0) is 0 Å². The lowest BCUT2D eigenvalue weighted by atomic mass is 10.2. The van der Waals surface area contributed by atoms with E-state index in [4.69, 9.17) is 0 Å². The first-order valence-electron chi connectivity index (χ1n) is 3.67. The Labute approximate surface area is 82.9 Å². The van der Waals surface area contributed by atoms with Gasteiger partial charge in [-0.25, -0.2) is 9.97 Å². The van der Waals surface area contributed by atoms with Crippen molar-refractivity contribution in [3.05, 3.63) is 34.7 Å². The minimum Gasteiger partial charge on any atom is -0.294 e. The maximum atomic E-state index is 10.4. The van der Waals surface area contributed by atoms with E-state index in [9.17, 15) is 4.79 Å². The minimum absolute atomic E-state index is 0.214. The first kappa shape index (κ1) is 8.31. The van der Waals surface area contributed by atoms with Crippen LogP contribution >= 0.6 is 15.9 Å². The molecule has 0 spiro atoms. The van der Waals surface area contributed by atoms with Gasteiger partial charge in [-0.2, -0.15) is 0 Å². The molecule has 13 heavy (non-hydrogen) atoms. The van der Waals surface area contributed by atoms with E-state index in [0.717, 1.165) is 15.4 Å². The SMILES string of the molecule is O=Cc1ncc2ccc(Br)cc2n1. The number of carbonyl (C=O) groups excluding carboxylic acids is 1. The zero-order valence-electron chi connectivity index (χ0n) is 6.57. The van der Waals surface area contributed by atoms with E-state index in [1.165, 1.54) is 0 Å². The van der Waals surface area contributed by atoms with E-state index in [-0.39, 0.29) is 5.82 Å². The van der Waals surface area contributed by atoms with Crippen LogP contribution in [0.15, 0.2) is 28.9 Å². The van der Waals surface area contributed by atoms with E-state index in [2.05, 4.69) is 25.9 Å². The third kappa shape index (κ3) is 1.58. The highest BCUT2D eigenvalue weighted by molar-refractivity contribution is 9.10. The zero-order chi connectivity index (χ0) is 9.26. The molecule has 1 aromatic heterocycles. The van der Waals surface area contributed by atoms with E-state index < -0.39 is 0 Å². The van der Waals surface area contributed by atoms with Crippen LogP contribution in [0.4, 0.5) is 0 Å². The highest BCUT2D eigenvalue weighted by Crippen LogP contribution is 2.16. The molecule has 0 bridgehead atoms. The van der Waals surface area contributed by atoms with Crippen molar-refractivity contribution in [3.8, 4) is 0 Å². The fourth-order valence-corrected chi connectivity index (χ4v) is 1.42.